The Morgan fingerprint density at radius 3 is 2.12 bits per heavy atom. The van der Waals surface area contributed by atoms with Crippen LogP contribution in [0.5, 0.6) is 0 Å². The van der Waals surface area contributed by atoms with Gasteiger partial charge in [0.25, 0.3) is 5.91 Å². The van der Waals surface area contributed by atoms with Gasteiger partial charge < -0.3 is 0 Å². The summed E-state index contributed by atoms with van der Waals surface area (Å²) in [5.74, 6) is -0.361. The van der Waals surface area contributed by atoms with Crippen molar-refractivity contribution in [3.8, 4) is 11.1 Å². The Balaban J connectivity index is 1.33. The highest BCUT2D eigenvalue weighted by Gasteiger charge is 2.17. The van der Waals surface area contributed by atoms with Crippen LogP contribution in [0.3, 0.4) is 0 Å². The molecule has 0 fully saturated rings. The molecule has 0 spiro atoms. The van der Waals surface area contributed by atoms with Crippen LogP contribution in [0.4, 0.5) is 0 Å². The Hall–Kier alpha value is -4.22. The predicted molar refractivity (Wildman–Crippen MR) is 129 cm³/mol. The van der Waals surface area contributed by atoms with Crippen molar-refractivity contribution in [1.82, 2.24) is 15.3 Å². The Morgan fingerprint density at radius 2 is 1.36 bits per heavy atom. The van der Waals surface area contributed by atoms with Gasteiger partial charge in [0.2, 0.25) is 0 Å². The molecule has 1 N–H and O–H groups in total. The van der Waals surface area contributed by atoms with Gasteiger partial charge in [-0.25, -0.2) is 5.48 Å². The van der Waals surface area contributed by atoms with E-state index < -0.39 is 0 Å². The molecule has 0 radical (unpaired) electrons. The Labute approximate surface area is 192 Å². The molecule has 1 aromatic heterocycles. The van der Waals surface area contributed by atoms with Crippen molar-refractivity contribution in [3.05, 3.63) is 126 Å². The van der Waals surface area contributed by atoms with Crippen molar-refractivity contribution in [3.63, 3.8) is 0 Å². The Bertz CT molecular complexity index is 1360. The maximum absolute atomic E-state index is 12.8. The molecule has 4 aromatic carbocycles. The highest BCUT2D eigenvalue weighted by molar-refractivity contribution is 6.04. The highest BCUT2D eigenvalue weighted by atomic mass is 16.6. The van der Waals surface area contributed by atoms with Gasteiger partial charge in [-0.2, -0.15) is 5.10 Å². The average molecular weight is 434 g/mol. The van der Waals surface area contributed by atoms with Gasteiger partial charge in [-0.15, -0.1) is 0 Å². The molecule has 0 aliphatic carbocycles. The first kappa shape index (κ1) is 20.7. The van der Waals surface area contributed by atoms with Crippen LogP contribution in [0, 0.1) is 0 Å². The van der Waals surface area contributed by atoms with Crippen LogP contribution in [0.15, 0.2) is 109 Å². The number of fused-ring (bicyclic) bond motifs is 1. The number of amides is 1. The van der Waals surface area contributed by atoms with Crippen LogP contribution in [0.2, 0.25) is 0 Å². The fraction of sp³-hybridized carbons (Fsp3) is 0.0714. The molecule has 5 nitrogen and oxygen atoms in total. The van der Waals surface area contributed by atoms with Crippen LogP contribution < -0.4 is 5.48 Å². The van der Waals surface area contributed by atoms with Crippen molar-refractivity contribution in [2.24, 2.45) is 0 Å². The molecule has 5 aromatic rings. The number of aromatic nitrogens is 2. The van der Waals surface area contributed by atoms with Crippen LogP contribution in [-0.4, -0.2) is 15.7 Å². The van der Waals surface area contributed by atoms with E-state index in [1.54, 1.807) is 0 Å². The zero-order valence-corrected chi connectivity index (χ0v) is 18.0. The van der Waals surface area contributed by atoms with Gasteiger partial charge in [0.05, 0.1) is 18.7 Å². The lowest BCUT2D eigenvalue weighted by atomic mass is 10.0. The minimum Gasteiger partial charge on any atom is -0.269 e. The lowest BCUT2D eigenvalue weighted by Gasteiger charge is -2.06. The van der Waals surface area contributed by atoms with Crippen LogP contribution in [0.25, 0.3) is 22.0 Å². The topological polar surface area (TPSA) is 56.1 Å². The summed E-state index contributed by atoms with van der Waals surface area (Å²) in [7, 11) is 0. The molecule has 1 heterocycles. The van der Waals surface area contributed by atoms with E-state index in [4.69, 9.17) is 4.84 Å². The molecule has 0 atom stereocenters. The fourth-order valence-corrected chi connectivity index (χ4v) is 3.83. The minimum atomic E-state index is -0.361. The van der Waals surface area contributed by atoms with Crippen molar-refractivity contribution in [2.75, 3.05) is 0 Å². The van der Waals surface area contributed by atoms with Gasteiger partial charge in [-0.3, -0.25) is 14.3 Å². The summed E-state index contributed by atoms with van der Waals surface area (Å²) >= 11 is 0. The average Bonchev–Trinajstić information content (AvgIpc) is 3.24. The van der Waals surface area contributed by atoms with Gasteiger partial charge in [-0.1, -0.05) is 103 Å². The predicted octanol–water partition coefficient (Wildman–Crippen LogP) is 5.61. The van der Waals surface area contributed by atoms with E-state index in [2.05, 4.69) is 47.0 Å². The largest absolute Gasteiger partial charge is 0.295 e. The second-order valence-electron chi connectivity index (χ2n) is 7.79. The normalized spacial score (nSPS) is 10.9. The first-order valence-corrected chi connectivity index (χ1v) is 10.8. The molecule has 0 saturated heterocycles. The molecule has 0 unspecified atom stereocenters. The highest BCUT2D eigenvalue weighted by Crippen LogP contribution is 2.22. The lowest BCUT2D eigenvalue weighted by molar-refractivity contribution is 0.0230. The van der Waals surface area contributed by atoms with Gasteiger partial charge in [0.1, 0.15) is 0 Å². The van der Waals surface area contributed by atoms with Crippen molar-refractivity contribution < 1.29 is 9.63 Å². The monoisotopic (exact) mass is 433 g/mol. The quantitative estimate of drug-likeness (QED) is 0.339. The molecule has 33 heavy (non-hydrogen) atoms. The molecule has 162 valence electrons. The summed E-state index contributed by atoms with van der Waals surface area (Å²) in [5.41, 5.74) is 8.21. The lowest BCUT2D eigenvalue weighted by Crippen LogP contribution is -2.24. The van der Waals surface area contributed by atoms with E-state index in [0.29, 0.717) is 18.8 Å². The number of para-hydroxylation sites is 1. The summed E-state index contributed by atoms with van der Waals surface area (Å²) in [5, 5.41) is 5.41. The Kier molecular flexibility index (Phi) is 5.95. The first-order valence-electron chi connectivity index (χ1n) is 10.8. The molecule has 0 saturated carbocycles. The maximum Gasteiger partial charge on any atom is 0.295 e. The molecule has 5 rings (SSSR count). The third-order valence-corrected chi connectivity index (χ3v) is 5.51. The molecule has 0 bridgehead atoms. The van der Waals surface area contributed by atoms with Gasteiger partial charge >= 0.3 is 0 Å². The number of hydroxylamine groups is 1. The summed E-state index contributed by atoms with van der Waals surface area (Å²) in [6, 6.07) is 36.1. The fourth-order valence-electron chi connectivity index (χ4n) is 3.83. The number of carbonyl (C=O) groups excluding carboxylic acids is 1. The summed E-state index contributed by atoms with van der Waals surface area (Å²) in [4.78, 5) is 18.2. The molecular weight excluding hydrogens is 410 g/mol. The Morgan fingerprint density at radius 1 is 0.727 bits per heavy atom. The van der Waals surface area contributed by atoms with Crippen LogP contribution in [0.1, 0.15) is 21.6 Å². The van der Waals surface area contributed by atoms with E-state index in [9.17, 15) is 4.79 Å². The standard InChI is InChI=1S/C28H23N3O2/c32-28(30-33-20-22-9-3-1-4-10-22)27-25-13-7-8-14-26(25)31(29-27)19-21-15-17-24(18-16-21)23-11-5-2-6-12-23/h1-18H,19-20H2,(H,30,32). The summed E-state index contributed by atoms with van der Waals surface area (Å²) in [6.07, 6.45) is 0. The molecular formula is C28H23N3O2. The van der Waals surface area contributed by atoms with Crippen LogP contribution >= 0.6 is 0 Å². The van der Waals surface area contributed by atoms with Crippen LogP contribution in [-0.2, 0) is 18.0 Å². The maximum atomic E-state index is 12.8. The van der Waals surface area contributed by atoms with Crippen molar-refractivity contribution >= 4 is 16.8 Å². The summed E-state index contributed by atoms with van der Waals surface area (Å²) < 4.78 is 1.86. The van der Waals surface area contributed by atoms with E-state index in [1.807, 2.05) is 77.5 Å². The molecule has 0 aliphatic heterocycles. The van der Waals surface area contributed by atoms with E-state index in [-0.39, 0.29) is 5.91 Å². The number of benzene rings is 4. The molecule has 0 aliphatic rings. The first-order chi connectivity index (χ1) is 16.3. The zero-order valence-electron chi connectivity index (χ0n) is 18.0. The minimum absolute atomic E-state index is 0.291. The SMILES string of the molecule is O=C(NOCc1ccccc1)c1nn(Cc2ccc(-c3ccccc3)cc2)c2ccccc12. The number of nitrogens with one attached hydrogen (secondary N) is 1. The summed E-state index contributed by atoms with van der Waals surface area (Å²) in [6.45, 7) is 0.854. The van der Waals surface area contributed by atoms with Gasteiger partial charge in [0, 0.05) is 5.39 Å². The number of carbonyl (C=O) groups is 1. The molecule has 5 heteroatoms. The molecule has 1 amide bonds. The number of rotatable bonds is 7. The second kappa shape index (κ2) is 9.51. The number of hydrogen-bond acceptors (Lipinski definition) is 3. The number of nitrogens with zero attached hydrogens (tertiary/aromatic N) is 2. The van der Waals surface area contributed by atoms with Gasteiger partial charge in [0.15, 0.2) is 5.69 Å². The van der Waals surface area contributed by atoms with Gasteiger partial charge in [-0.05, 0) is 28.3 Å². The van der Waals surface area contributed by atoms with E-state index >= 15 is 0 Å². The van der Waals surface area contributed by atoms with E-state index in [0.717, 1.165) is 22.0 Å². The van der Waals surface area contributed by atoms with Crippen molar-refractivity contribution in [1.29, 1.82) is 0 Å². The smallest absolute Gasteiger partial charge is 0.269 e. The van der Waals surface area contributed by atoms with Crippen molar-refractivity contribution in [2.45, 2.75) is 13.2 Å². The third-order valence-electron chi connectivity index (χ3n) is 5.51. The third kappa shape index (κ3) is 4.68. The number of hydrogen-bond donors (Lipinski definition) is 1. The second-order valence-corrected chi connectivity index (χ2v) is 7.79. The zero-order chi connectivity index (χ0) is 22.5. The van der Waals surface area contributed by atoms with E-state index in [1.165, 1.54) is 11.1 Å².